The van der Waals surface area contributed by atoms with Crippen LogP contribution in [0.1, 0.15) is 52.1 Å². The number of allylic oxidation sites excluding steroid dienone is 1. The van der Waals surface area contributed by atoms with Gasteiger partial charge in [-0.1, -0.05) is 25.5 Å². The van der Waals surface area contributed by atoms with Crippen LogP contribution in [0.15, 0.2) is 6.08 Å². The molecule has 1 aromatic carbocycles. The van der Waals surface area contributed by atoms with Crippen molar-refractivity contribution in [3.63, 3.8) is 0 Å². The minimum Gasteiger partial charge on any atom is -0.495 e. The SMILES string of the molecule is CC=Cc1c(C=O)c(CCC)c(OC)c(C(=O)O)c1OC. The van der Waals surface area contributed by atoms with Gasteiger partial charge in [0.25, 0.3) is 0 Å². The average molecular weight is 292 g/mol. The highest BCUT2D eigenvalue weighted by Gasteiger charge is 2.27. The van der Waals surface area contributed by atoms with Crippen molar-refractivity contribution in [3.05, 3.63) is 28.3 Å². The van der Waals surface area contributed by atoms with E-state index in [9.17, 15) is 14.7 Å². The molecule has 0 bridgehead atoms. The second kappa shape index (κ2) is 7.47. The molecule has 114 valence electrons. The summed E-state index contributed by atoms with van der Waals surface area (Å²) in [6.45, 7) is 3.74. The summed E-state index contributed by atoms with van der Waals surface area (Å²) >= 11 is 0. The number of benzene rings is 1. The highest BCUT2D eigenvalue weighted by atomic mass is 16.5. The number of carbonyl (C=O) groups excluding carboxylic acids is 1. The van der Waals surface area contributed by atoms with Crippen LogP contribution in [0.2, 0.25) is 0 Å². The first kappa shape index (κ1) is 16.8. The maximum absolute atomic E-state index is 11.6. The van der Waals surface area contributed by atoms with Gasteiger partial charge in [0.05, 0.1) is 14.2 Å². The van der Waals surface area contributed by atoms with Crippen molar-refractivity contribution in [1.82, 2.24) is 0 Å². The van der Waals surface area contributed by atoms with E-state index in [0.29, 0.717) is 23.1 Å². The summed E-state index contributed by atoms with van der Waals surface area (Å²) in [6, 6.07) is 0. The lowest BCUT2D eigenvalue weighted by molar-refractivity contribution is 0.0688. The summed E-state index contributed by atoms with van der Waals surface area (Å²) in [4.78, 5) is 23.1. The number of carboxylic acids is 1. The molecule has 0 unspecified atom stereocenters. The van der Waals surface area contributed by atoms with E-state index in [2.05, 4.69) is 0 Å². The number of rotatable bonds is 7. The highest BCUT2D eigenvalue weighted by molar-refractivity contribution is 6.00. The molecule has 0 heterocycles. The van der Waals surface area contributed by atoms with Crippen molar-refractivity contribution in [2.45, 2.75) is 26.7 Å². The number of aromatic carboxylic acids is 1. The Balaban J connectivity index is 3.95. The first-order chi connectivity index (χ1) is 10.1. The van der Waals surface area contributed by atoms with Crippen LogP contribution in [0.3, 0.4) is 0 Å². The van der Waals surface area contributed by atoms with E-state index in [0.717, 1.165) is 12.7 Å². The van der Waals surface area contributed by atoms with Crippen molar-refractivity contribution in [1.29, 1.82) is 0 Å². The predicted octanol–water partition coefficient (Wildman–Crippen LogP) is 3.20. The van der Waals surface area contributed by atoms with Crippen molar-refractivity contribution in [2.75, 3.05) is 14.2 Å². The molecule has 1 aromatic rings. The molecular formula is C16H20O5. The number of ether oxygens (including phenoxy) is 2. The van der Waals surface area contributed by atoms with Gasteiger partial charge in [0, 0.05) is 16.7 Å². The first-order valence-corrected chi connectivity index (χ1v) is 6.69. The van der Waals surface area contributed by atoms with Crippen LogP contribution in [-0.2, 0) is 6.42 Å². The lowest BCUT2D eigenvalue weighted by atomic mass is 9.92. The molecule has 0 atom stereocenters. The van der Waals surface area contributed by atoms with Gasteiger partial charge in [0.15, 0.2) is 6.29 Å². The summed E-state index contributed by atoms with van der Waals surface area (Å²) in [7, 11) is 2.77. The normalized spacial score (nSPS) is 10.7. The maximum Gasteiger partial charge on any atom is 0.343 e. The van der Waals surface area contributed by atoms with Gasteiger partial charge >= 0.3 is 5.97 Å². The Labute approximate surface area is 124 Å². The molecule has 1 rings (SSSR count). The molecule has 0 aliphatic rings. The fourth-order valence-electron chi connectivity index (χ4n) is 2.39. The van der Waals surface area contributed by atoms with Gasteiger partial charge in [-0.2, -0.15) is 0 Å². The number of hydrogen-bond donors (Lipinski definition) is 1. The number of hydrogen-bond acceptors (Lipinski definition) is 4. The molecular weight excluding hydrogens is 272 g/mol. The Bertz CT molecular complexity index is 573. The summed E-state index contributed by atoms with van der Waals surface area (Å²) in [5, 5.41) is 9.49. The van der Waals surface area contributed by atoms with E-state index in [-0.39, 0.29) is 17.1 Å². The van der Waals surface area contributed by atoms with Gasteiger partial charge in [-0.3, -0.25) is 4.79 Å². The van der Waals surface area contributed by atoms with Crippen LogP contribution in [0.4, 0.5) is 0 Å². The molecule has 0 aliphatic carbocycles. The second-order valence-corrected chi connectivity index (χ2v) is 4.42. The van der Waals surface area contributed by atoms with Crippen molar-refractivity contribution in [2.24, 2.45) is 0 Å². The standard InChI is InChI=1S/C16H20O5/c1-5-7-10-12(9-17)11(8-6-2)15(21-4)13(16(18)19)14(10)20-3/h5,7,9H,6,8H2,1-4H3,(H,18,19). The van der Waals surface area contributed by atoms with Crippen LogP contribution in [0, 0.1) is 0 Å². The average Bonchev–Trinajstić information content (AvgIpc) is 2.47. The topological polar surface area (TPSA) is 72.8 Å². The van der Waals surface area contributed by atoms with E-state index >= 15 is 0 Å². The number of carboxylic acid groups (broad SMARTS) is 1. The van der Waals surface area contributed by atoms with Gasteiger partial charge in [-0.05, 0) is 13.3 Å². The molecule has 0 saturated heterocycles. The molecule has 0 aliphatic heterocycles. The third kappa shape index (κ3) is 3.07. The quantitative estimate of drug-likeness (QED) is 0.781. The molecule has 0 fully saturated rings. The zero-order chi connectivity index (χ0) is 16.0. The maximum atomic E-state index is 11.6. The summed E-state index contributed by atoms with van der Waals surface area (Å²) in [5.74, 6) is -0.819. The van der Waals surface area contributed by atoms with Crippen LogP contribution in [0.5, 0.6) is 11.5 Å². The van der Waals surface area contributed by atoms with Crippen LogP contribution < -0.4 is 9.47 Å². The predicted molar refractivity (Wildman–Crippen MR) is 80.6 cm³/mol. The first-order valence-electron chi connectivity index (χ1n) is 6.69. The fourth-order valence-corrected chi connectivity index (χ4v) is 2.39. The zero-order valence-corrected chi connectivity index (χ0v) is 12.7. The fraction of sp³-hybridized carbons (Fsp3) is 0.375. The van der Waals surface area contributed by atoms with Crippen molar-refractivity contribution in [3.8, 4) is 11.5 Å². The minimum absolute atomic E-state index is 0.0536. The van der Waals surface area contributed by atoms with Gasteiger partial charge in [0.2, 0.25) is 0 Å². The largest absolute Gasteiger partial charge is 0.495 e. The number of aldehydes is 1. The smallest absolute Gasteiger partial charge is 0.343 e. The monoisotopic (exact) mass is 292 g/mol. The van der Waals surface area contributed by atoms with Gasteiger partial charge in [-0.15, -0.1) is 0 Å². The van der Waals surface area contributed by atoms with E-state index in [1.54, 1.807) is 19.1 Å². The van der Waals surface area contributed by atoms with Gasteiger partial charge in [0.1, 0.15) is 17.1 Å². The number of carbonyl (C=O) groups is 2. The van der Waals surface area contributed by atoms with Crippen LogP contribution in [-0.4, -0.2) is 31.6 Å². The van der Waals surface area contributed by atoms with E-state index in [1.807, 2.05) is 6.92 Å². The summed E-state index contributed by atoms with van der Waals surface area (Å²) in [6.07, 6.45) is 5.44. The third-order valence-corrected chi connectivity index (χ3v) is 3.16. The Morgan fingerprint density at radius 3 is 2.19 bits per heavy atom. The molecule has 0 spiro atoms. The van der Waals surface area contributed by atoms with Crippen molar-refractivity contribution >= 4 is 18.3 Å². The summed E-state index contributed by atoms with van der Waals surface area (Å²) in [5.41, 5.74) is 1.42. The Hall–Kier alpha value is -2.30. The van der Waals surface area contributed by atoms with Crippen molar-refractivity contribution < 1.29 is 24.2 Å². The molecule has 1 N–H and O–H groups in total. The zero-order valence-electron chi connectivity index (χ0n) is 12.7. The van der Waals surface area contributed by atoms with Crippen LogP contribution in [0.25, 0.3) is 6.08 Å². The number of methoxy groups -OCH3 is 2. The highest BCUT2D eigenvalue weighted by Crippen LogP contribution is 2.40. The lowest BCUT2D eigenvalue weighted by Gasteiger charge is -2.19. The molecule has 0 saturated carbocycles. The Morgan fingerprint density at radius 1 is 1.19 bits per heavy atom. The molecule has 0 amide bonds. The molecule has 0 aromatic heterocycles. The van der Waals surface area contributed by atoms with Gasteiger partial charge < -0.3 is 14.6 Å². The summed E-state index contributed by atoms with van der Waals surface area (Å²) < 4.78 is 10.5. The lowest BCUT2D eigenvalue weighted by Crippen LogP contribution is -2.11. The Morgan fingerprint density at radius 2 is 1.81 bits per heavy atom. The van der Waals surface area contributed by atoms with E-state index in [4.69, 9.17) is 9.47 Å². The molecule has 5 nitrogen and oxygen atoms in total. The van der Waals surface area contributed by atoms with Gasteiger partial charge in [-0.25, -0.2) is 4.79 Å². The van der Waals surface area contributed by atoms with Crippen LogP contribution >= 0.6 is 0 Å². The molecule has 0 radical (unpaired) electrons. The minimum atomic E-state index is -1.15. The van der Waals surface area contributed by atoms with E-state index in [1.165, 1.54) is 14.2 Å². The van der Waals surface area contributed by atoms with E-state index < -0.39 is 5.97 Å². The second-order valence-electron chi connectivity index (χ2n) is 4.42. The molecule has 5 heteroatoms. The Kier molecular flexibility index (Phi) is 5.96. The third-order valence-electron chi connectivity index (χ3n) is 3.16. The molecule has 21 heavy (non-hydrogen) atoms.